The highest BCUT2D eigenvalue weighted by Crippen LogP contribution is 2.22. The van der Waals surface area contributed by atoms with Crippen LogP contribution in [0.4, 0.5) is 4.39 Å². The van der Waals surface area contributed by atoms with Crippen LogP contribution in [0.15, 0.2) is 18.2 Å². The number of nitrogens with one attached hydrogen (secondary N) is 1. The van der Waals surface area contributed by atoms with E-state index in [1.807, 2.05) is 6.92 Å². The molecular formula is C14H20FN. The molecule has 1 aromatic heterocycles. The molecule has 0 amide bonds. The van der Waals surface area contributed by atoms with E-state index in [4.69, 9.17) is 0 Å². The standard InChI is InChI=1S/C11H12FN.C3H8/c1-3-10-7(2)9-6-8(12)4-5-11(9)13-10;1-3-2/h4-6,13H,3H2,1-2H3;3H2,1-2H3. The van der Waals surface area contributed by atoms with Gasteiger partial charge in [0.2, 0.25) is 0 Å². The average molecular weight is 221 g/mol. The number of benzene rings is 1. The van der Waals surface area contributed by atoms with Crippen LogP contribution in [-0.2, 0) is 6.42 Å². The second-order valence-electron chi connectivity index (χ2n) is 3.98. The first-order valence-electron chi connectivity index (χ1n) is 5.90. The van der Waals surface area contributed by atoms with Crippen molar-refractivity contribution >= 4 is 10.9 Å². The fourth-order valence-electron chi connectivity index (χ4n) is 1.71. The molecule has 1 aromatic carbocycles. The SMILES string of the molecule is CCC.CCc1[nH]c2ccc(F)cc2c1C. The summed E-state index contributed by atoms with van der Waals surface area (Å²) in [6.07, 6.45) is 2.21. The van der Waals surface area contributed by atoms with E-state index in [9.17, 15) is 4.39 Å². The number of fused-ring (bicyclic) bond motifs is 1. The summed E-state index contributed by atoms with van der Waals surface area (Å²) in [7, 11) is 0. The fraction of sp³-hybridized carbons (Fsp3) is 0.429. The lowest BCUT2D eigenvalue weighted by Crippen LogP contribution is -1.80. The summed E-state index contributed by atoms with van der Waals surface area (Å²) < 4.78 is 12.9. The molecule has 0 fully saturated rings. The molecule has 0 aliphatic rings. The van der Waals surface area contributed by atoms with Gasteiger partial charge < -0.3 is 4.98 Å². The van der Waals surface area contributed by atoms with Gasteiger partial charge in [0.05, 0.1) is 0 Å². The Morgan fingerprint density at radius 1 is 1.19 bits per heavy atom. The Kier molecular flexibility index (Phi) is 4.53. The number of hydrogen-bond donors (Lipinski definition) is 1. The Morgan fingerprint density at radius 3 is 2.38 bits per heavy atom. The van der Waals surface area contributed by atoms with Gasteiger partial charge in [-0.3, -0.25) is 0 Å². The van der Waals surface area contributed by atoms with E-state index in [0.717, 1.165) is 22.9 Å². The monoisotopic (exact) mass is 221 g/mol. The number of H-pyrrole nitrogens is 1. The second kappa shape index (κ2) is 5.69. The molecule has 0 atom stereocenters. The molecule has 0 bridgehead atoms. The predicted octanol–water partition coefficient (Wildman–Crippen LogP) is 4.59. The van der Waals surface area contributed by atoms with Gasteiger partial charge in [0.1, 0.15) is 5.82 Å². The zero-order valence-corrected chi connectivity index (χ0v) is 10.5. The van der Waals surface area contributed by atoms with E-state index in [1.54, 1.807) is 12.1 Å². The molecule has 2 heteroatoms. The molecule has 0 radical (unpaired) electrons. The number of halogens is 1. The third-order valence-corrected chi connectivity index (χ3v) is 2.48. The quantitative estimate of drug-likeness (QED) is 0.724. The van der Waals surface area contributed by atoms with Crippen molar-refractivity contribution in [2.24, 2.45) is 0 Å². The minimum atomic E-state index is -0.169. The van der Waals surface area contributed by atoms with Crippen molar-refractivity contribution in [2.45, 2.75) is 40.5 Å². The van der Waals surface area contributed by atoms with E-state index in [-0.39, 0.29) is 5.82 Å². The third-order valence-electron chi connectivity index (χ3n) is 2.48. The molecule has 0 aliphatic carbocycles. The van der Waals surface area contributed by atoms with Gasteiger partial charge in [-0.15, -0.1) is 0 Å². The molecule has 1 nitrogen and oxygen atoms in total. The molecule has 0 unspecified atom stereocenters. The Balaban J connectivity index is 0.000000386. The van der Waals surface area contributed by atoms with Gasteiger partial charge >= 0.3 is 0 Å². The van der Waals surface area contributed by atoms with E-state index in [2.05, 4.69) is 25.8 Å². The van der Waals surface area contributed by atoms with E-state index < -0.39 is 0 Å². The molecule has 0 saturated heterocycles. The number of aryl methyl sites for hydroxylation is 2. The smallest absolute Gasteiger partial charge is 0.123 e. The van der Waals surface area contributed by atoms with Crippen LogP contribution in [0.1, 0.15) is 38.4 Å². The Morgan fingerprint density at radius 2 is 1.81 bits per heavy atom. The highest BCUT2D eigenvalue weighted by Gasteiger charge is 2.05. The zero-order valence-electron chi connectivity index (χ0n) is 10.5. The van der Waals surface area contributed by atoms with Crippen LogP contribution in [0.3, 0.4) is 0 Å². The lowest BCUT2D eigenvalue weighted by molar-refractivity contribution is 0.629. The summed E-state index contributed by atoms with van der Waals surface area (Å²) in [4.78, 5) is 3.27. The first-order valence-corrected chi connectivity index (χ1v) is 5.90. The largest absolute Gasteiger partial charge is 0.358 e. The topological polar surface area (TPSA) is 15.8 Å². The molecule has 1 heterocycles. The number of hydrogen-bond acceptors (Lipinski definition) is 0. The van der Waals surface area contributed by atoms with Gasteiger partial charge in [-0.1, -0.05) is 27.2 Å². The molecule has 0 saturated carbocycles. The molecule has 2 rings (SSSR count). The summed E-state index contributed by atoms with van der Waals surface area (Å²) >= 11 is 0. The third kappa shape index (κ3) is 2.63. The molecule has 0 spiro atoms. The maximum Gasteiger partial charge on any atom is 0.123 e. The molecule has 16 heavy (non-hydrogen) atoms. The van der Waals surface area contributed by atoms with Gasteiger partial charge in [0, 0.05) is 16.6 Å². The summed E-state index contributed by atoms with van der Waals surface area (Å²) in [5.74, 6) is -0.169. The van der Waals surface area contributed by atoms with Crippen LogP contribution in [0.2, 0.25) is 0 Å². The minimum absolute atomic E-state index is 0.169. The molecule has 2 aromatic rings. The lowest BCUT2D eigenvalue weighted by Gasteiger charge is -1.92. The maximum atomic E-state index is 12.9. The normalized spacial score (nSPS) is 10.1. The highest BCUT2D eigenvalue weighted by molar-refractivity contribution is 5.84. The Bertz CT molecular complexity index is 457. The molecule has 0 aliphatic heterocycles. The zero-order chi connectivity index (χ0) is 12.1. The van der Waals surface area contributed by atoms with E-state index in [1.165, 1.54) is 18.2 Å². The van der Waals surface area contributed by atoms with E-state index in [0.29, 0.717) is 0 Å². The fourth-order valence-corrected chi connectivity index (χ4v) is 1.71. The molecular weight excluding hydrogens is 201 g/mol. The molecule has 88 valence electrons. The van der Waals surface area contributed by atoms with E-state index >= 15 is 0 Å². The van der Waals surface area contributed by atoms with Gasteiger partial charge in [0.15, 0.2) is 0 Å². The van der Waals surface area contributed by atoms with Gasteiger partial charge in [-0.2, -0.15) is 0 Å². The van der Waals surface area contributed by atoms with Gasteiger partial charge in [-0.25, -0.2) is 4.39 Å². The van der Waals surface area contributed by atoms with Crippen LogP contribution < -0.4 is 0 Å². The van der Waals surface area contributed by atoms with Crippen molar-refractivity contribution < 1.29 is 4.39 Å². The van der Waals surface area contributed by atoms with Crippen LogP contribution >= 0.6 is 0 Å². The summed E-state index contributed by atoms with van der Waals surface area (Å²) in [6, 6.07) is 4.86. The summed E-state index contributed by atoms with van der Waals surface area (Å²) in [5, 5.41) is 0.997. The van der Waals surface area contributed by atoms with Crippen molar-refractivity contribution in [1.82, 2.24) is 4.98 Å². The number of aromatic amines is 1. The predicted molar refractivity (Wildman–Crippen MR) is 68.3 cm³/mol. The van der Waals surface area contributed by atoms with Crippen molar-refractivity contribution in [3.63, 3.8) is 0 Å². The Hall–Kier alpha value is -1.31. The van der Waals surface area contributed by atoms with Crippen LogP contribution in [0.25, 0.3) is 10.9 Å². The lowest BCUT2D eigenvalue weighted by atomic mass is 10.1. The second-order valence-corrected chi connectivity index (χ2v) is 3.98. The van der Waals surface area contributed by atoms with Gasteiger partial charge in [-0.05, 0) is 37.1 Å². The Labute approximate surface area is 96.7 Å². The van der Waals surface area contributed by atoms with Crippen molar-refractivity contribution in [1.29, 1.82) is 0 Å². The average Bonchev–Trinajstić information content (AvgIpc) is 2.57. The highest BCUT2D eigenvalue weighted by atomic mass is 19.1. The van der Waals surface area contributed by atoms with Crippen LogP contribution in [0, 0.1) is 12.7 Å². The van der Waals surface area contributed by atoms with Crippen LogP contribution in [-0.4, -0.2) is 4.98 Å². The summed E-state index contributed by atoms with van der Waals surface area (Å²) in [6.45, 7) is 8.37. The van der Waals surface area contributed by atoms with Crippen molar-refractivity contribution in [3.05, 3.63) is 35.3 Å². The summed E-state index contributed by atoms with van der Waals surface area (Å²) in [5.41, 5.74) is 3.38. The van der Waals surface area contributed by atoms with Gasteiger partial charge in [0.25, 0.3) is 0 Å². The number of aromatic nitrogens is 1. The van der Waals surface area contributed by atoms with Crippen LogP contribution in [0.5, 0.6) is 0 Å². The maximum absolute atomic E-state index is 12.9. The first-order chi connectivity index (χ1) is 7.63. The van der Waals surface area contributed by atoms with Crippen molar-refractivity contribution in [2.75, 3.05) is 0 Å². The minimum Gasteiger partial charge on any atom is -0.358 e. The van der Waals surface area contributed by atoms with Crippen molar-refractivity contribution in [3.8, 4) is 0 Å². The molecule has 1 N–H and O–H groups in total. The number of rotatable bonds is 1. The first kappa shape index (κ1) is 12.8.